The first-order chi connectivity index (χ1) is 15.0. The maximum absolute atomic E-state index is 13.6. The van der Waals surface area contributed by atoms with Crippen molar-refractivity contribution in [3.05, 3.63) is 52.6 Å². The molecule has 2 heterocycles. The molecular formula is C24H23FO5S. The minimum Gasteiger partial charge on any atom is -0.493 e. The molecule has 0 radical (unpaired) electrons. The lowest BCUT2D eigenvalue weighted by molar-refractivity contribution is 0.0743. The van der Waals surface area contributed by atoms with E-state index in [1.807, 2.05) is 31.2 Å². The molecule has 0 saturated carbocycles. The van der Waals surface area contributed by atoms with Gasteiger partial charge in [0.05, 0.1) is 37.0 Å². The molecule has 0 aromatic heterocycles. The molecule has 1 unspecified atom stereocenters. The van der Waals surface area contributed by atoms with E-state index in [0.29, 0.717) is 28.6 Å². The van der Waals surface area contributed by atoms with Crippen LogP contribution in [0, 0.1) is 0 Å². The van der Waals surface area contributed by atoms with Gasteiger partial charge in [0.25, 0.3) is 0 Å². The van der Waals surface area contributed by atoms with Crippen LogP contribution in [0.2, 0.25) is 0 Å². The highest BCUT2D eigenvalue weighted by Crippen LogP contribution is 2.49. The smallest absolute Gasteiger partial charge is 0.177 e. The summed E-state index contributed by atoms with van der Waals surface area (Å²) in [5.41, 5.74) is 2.56. The SMILES string of the molecule is COc1cc2c(cc1OC)[C@@H]1C(=O)c3ccc4c(c3O[C@@H]1CC2)C=CC(C)(CSF)O4. The number of Topliss-reactive ketones (excluding diaryl/α,β-unsaturated/α-hetero) is 1. The van der Waals surface area contributed by atoms with E-state index < -0.39 is 11.5 Å². The monoisotopic (exact) mass is 442 g/mol. The highest BCUT2D eigenvalue weighted by Gasteiger charge is 2.44. The molecule has 0 saturated heterocycles. The number of ether oxygens (including phenoxy) is 4. The number of benzene rings is 2. The van der Waals surface area contributed by atoms with Crippen molar-refractivity contribution in [2.45, 2.75) is 37.4 Å². The van der Waals surface area contributed by atoms with Crippen molar-refractivity contribution in [3.63, 3.8) is 0 Å². The van der Waals surface area contributed by atoms with Crippen LogP contribution < -0.4 is 18.9 Å². The van der Waals surface area contributed by atoms with Gasteiger partial charge in [-0.3, -0.25) is 4.79 Å². The highest BCUT2D eigenvalue weighted by atomic mass is 32.2. The molecule has 2 aromatic carbocycles. The molecule has 162 valence electrons. The fourth-order valence-corrected chi connectivity index (χ4v) is 5.12. The molecule has 2 aliphatic heterocycles. The Kier molecular flexibility index (Phi) is 4.88. The molecule has 1 aliphatic carbocycles. The zero-order valence-electron chi connectivity index (χ0n) is 17.6. The average Bonchev–Trinajstić information content (AvgIpc) is 2.77. The summed E-state index contributed by atoms with van der Waals surface area (Å²) >= 11 is 0.244. The number of hydrogen-bond acceptors (Lipinski definition) is 6. The Morgan fingerprint density at radius 2 is 2.00 bits per heavy atom. The van der Waals surface area contributed by atoms with Crippen LogP contribution in [-0.4, -0.2) is 37.5 Å². The molecule has 0 spiro atoms. The predicted octanol–water partition coefficient (Wildman–Crippen LogP) is 5.16. The minimum absolute atomic E-state index is 0.0308. The molecular weight excluding hydrogens is 419 g/mol. The fraction of sp³-hybridized carbons (Fsp3) is 0.375. The van der Waals surface area contributed by atoms with E-state index in [2.05, 4.69) is 0 Å². The Morgan fingerprint density at radius 3 is 2.74 bits per heavy atom. The first kappa shape index (κ1) is 20.2. The molecule has 3 atom stereocenters. The van der Waals surface area contributed by atoms with E-state index in [9.17, 15) is 8.68 Å². The van der Waals surface area contributed by atoms with Gasteiger partial charge >= 0.3 is 0 Å². The van der Waals surface area contributed by atoms with Crippen LogP contribution in [0.4, 0.5) is 3.89 Å². The van der Waals surface area contributed by atoms with E-state index in [1.165, 1.54) is 0 Å². The second kappa shape index (κ2) is 7.48. The lowest BCUT2D eigenvalue weighted by atomic mass is 9.74. The Balaban J connectivity index is 1.56. The van der Waals surface area contributed by atoms with E-state index in [-0.39, 0.29) is 29.8 Å². The van der Waals surface area contributed by atoms with Gasteiger partial charge in [0.15, 0.2) is 17.3 Å². The number of aryl methyl sites for hydroxylation is 1. The first-order valence-corrected chi connectivity index (χ1v) is 11.1. The summed E-state index contributed by atoms with van der Waals surface area (Å²) in [6.07, 6.45) is 4.96. The first-order valence-electron chi connectivity index (χ1n) is 10.2. The van der Waals surface area contributed by atoms with Crippen LogP contribution >= 0.6 is 12.1 Å². The standard InChI is InChI=1S/C24H23FO5S/c1-24(12-31-25)9-8-14-17(30-24)7-5-15-22(26)21-16-11-20(28-3)19(27-2)10-13(16)4-6-18(21)29-23(14)15/h5,7-11,18,21H,4,6,12H2,1-3H3/t18-,21+,24?/m1/s1. The summed E-state index contributed by atoms with van der Waals surface area (Å²) in [5.74, 6) is 2.25. The molecule has 0 fully saturated rings. The van der Waals surface area contributed by atoms with Crippen LogP contribution in [0.5, 0.6) is 23.0 Å². The molecule has 2 aromatic rings. The zero-order valence-corrected chi connectivity index (χ0v) is 18.4. The summed E-state index contributed by atoms with van der Waals surface area (Å²) in [6.45, 7) is 1.83. The lowest BCUT2D eigenvalue weighted by Gasteiger charge is -2.39. The summed E-state index contributed by atoms with van der Waals surface area (Å²) in [4.78, 5) is 13.6. The van der Waals surface area contributed by atoms with Crippen molar-refractivity contribution in [1.82, 2.24) is 0 Å². The number of hydrogen-bond donors (Lipinski definition) is 0. The number of ketones is 1. The van der Waals surface area contributed by atoms with Gasteiger partial charge < -0.3 is 18.9 Å². The second-order valence-corrected chi connectivity index (χ2v) is 8.81. The molecule has 0 N–H and O–H groups in total. The largest absolute Gasteiger partial charge is 0.493 e. The third-order valence-electron chi connectivity index (χ3n) is 6.31. The number of carbonyl (C=O) groups is 1. The van der Waals surface area contributed by atoms with E-state index >= 15 is 0 Å². The minimum atomic E-state index is -0.735. The molecule has 3 aliphatic rings. The van der Waals surface area contributed by atoms with Crippen molar-refractivity contribution >= 4 is 24.0 Å². The molecule has 31 heavy (non-hydrogen) atoms. The van der Waals surface area contributed by atoms with Gasteiger partial charge in [-0.05, 0) is 67.3 Å². The molecule has 5 rings (SSSR count). The van der Waals surface area contributed by atoms with Crippen LogP contribution in [-0.2, 0) is 6.42 Å². The molecule has 7 heteroatoms. The topological polar surface area (TPSA) is 54.0 Å². The average molecular weight is 443 g/mol. The Bertz CT molecular complexity index is 1100. The van der Waals surface area contributed by atoms with Crippen molar-refractivity contribution < 1.29 is 27.6 Å². The summed E-state index contributed by atoms with van der Waals surface area (Å²) in [6, 6.07) is 7.39. The van der Waals surface area contributed by atoms with Crippen molar-refractivity contribution in [3.8, 4) is 23.0 Å². The number of rotatable bonds is 4. The highest BCUT2D eigenvalue weighted by molar-refractivity contribution is 7.94. The van der Waals surface area contributed by atoms with Gasteiger partial charge in [-0.25, -0.2) is 0 Å². The third-order valence-corrected chi connectivity index (χ3v) is 6.99. The Morgan fingerprint density at radius 1 is 1.23 bits per heavy atom. The van der Waals surface area contributed by atoms with Crippen LogP contribution in [0.25, 0.3) is 6.08 Å². The molecule has 5 nitrogen and oxygen atoms in total. The van der Waals surface area contributed by atoms with E-state index in [4.69, 9.17) is 18.9 Å². The summed E-state index contributed by atoms with van der Waals surface area (Å²) in [5, 5.41) is 0. The van der Waals surface area contributed by atoms with Crippen molar-refractivity contribution in [1.29, 1.82) is 0 Å². The van der Waals surface area contributed by atoms with Gasteiger partial charge in [-0.15, -0.1) is 0 Å². The van der Waals surface area contributed by atoms with Crippen LogP contribution in [0.15, 0.2) is 30.3 Å². The number of fused-ring (bicyclic) bond motifs is 6. The Hall–Kier alpha value is -2.67. The van der Waals surface area contributed by atoms with Crippen molar-refractivity contribution in [2.75, 3.05) is 20.0 Å². The maximum atomic E-state index is 13.6. The van der Waals surface area contributed by atoms with E-state index in [0.717, 1.165) is 29.5 Å². The quantitative estimate of drug-likeness (QED) is 0.652. The van der Waals surface area contributed by atoms with Gasteiger partial charge in [0, 0.05) is 12.1 Å². The van der Waals surface area contributed by atoms with Gasteiger partial charge in [0.1, 0.15) is 23.2 Å². The fourth-order valence-electron chi connectivity index (χ4n) is 4.74. The van der Waals surface area contributed by atoms with Crippen LogP contribution in [0.3, 0.4) is 0 Å². The maximum Gasteiger partial charge on any atom is 0.177 e. The second-order valence-electron chi connectivity index (χ2n) is 8.30. The number of carbonyl (C=O) groups excluding carboxylic acids is 1. The van der Waals surface area contributed by atoms with Gasteiger partial charge in [-0.1, -0.05) is 0 Å². The predicted molar refractivity (Wildman–Crippen MR) is 117 cm³/mol. The van der Waals surface area contributed by atoms with Crippen LogP contribution in [0.1, 0.15) is 46.3 Å². The summed E-state index contributed by atoms with van der Waals surface area (Å²) < 4.78 is 36.2. The van der Waals surface area contributed by atoms with E-state index in [1.54, 1.807) is 26.4 Å². The Labute approximate surface area is 184 Å². The number of halogens is 1. The molecule has 0 bridgehead atoms. The zero-order chi connectivity index (χ0) is 21.8. The molecule has 0 amide bonds. The lowest BCUT2D eigenvalue weighted by Crippen LogP contribution is -2.40. The number of methoxy groups -OCH3 is 2. The van der Waals surface area contributed by atoms with Gasteiger partial charge in [0.2, 0.25) is 0 Å². The normalized spacial score (nSPS) is 25.4. The third kappa shape index (κ3) is 3.17. The van der Waals surface area contributed by atoms with Gasteiger partial charge in [-0.2, -0.15) is 3.89 Å². The summed E-state index contributed by atoms with van der Waals surface area (Å²) in [7, 11) is 3.20. The van der Waals surface area contributed by atoms with Crippen molar-refractivity contribution in [2.24, 2.45) is 0 Å².